The molecule has 1 aromatic carbocycles. The van der Waals surface area contributed by atoms with Gasteiger partial charge in [-0.05, 0) is 37.1 Å². The average molecular weight is 287 g/mol. The van der Waals surface area contributed by atoms with Crippen molar-refractivity contribution in [3.8, 4) is 5.75 Å². The normalized spacial score (nSPS) is 9.68. The lowest BCUT2D eigenvalue weighted by molar-refractivity contribution is -0.123. The first kappa shape index (κ1) is 15.1. The maximum absolute atomic E-state index is 11.3. The number of hydrogen-bond acceptors (Lipinski definition) is 4. The summed E-state index contributed by atoms with van der Waals surface area (Å²) in [6, 6.07) is 3.46. The van der Waals surface area contributed by atoms with E-state index in [1.807, 2.05) is 19.3 Å². The Bertz CT molecular complexity index is 468. The molecule has 0 fully saturated rings. The van der Waals surface area contributed by atoms with E-state index < -0.39 is 12.0 Å². The van der Waals surface area contributed by atoms with Gasteiger partial charge in [0.1, 0.15) is 5.75 Å². The highest BCUT2D eigenvalue weighted by atomic mass is 35.5. The van der Waals surface area contributed by atoms with Crippen molar-refractivity contribution in [1.82, 2.24) is 10.9 Å². The van der Waals surface area contributed by atoms with Gasteiger partial charge in [0.05, 0.1) is 7.11 Å². The van der Waals surface area contributed by atoms with E-state index >= 15 is 0 Å². The maximum atomic E-state index is 11.3. The third kappa shape index (κ3) is 4.67. The number of amides is 2. The van der Waals surface area contributed by atoms with Crippen molar-refractivity contribution in [2.45, 2.75) is 13.8 Å². The van der Waals surface area contributed by atoms with Crippen molar-refractivity contribution in [2.24, 2.45) is 0 Å². The Labute approximate surface area is 116 Å². The van der Waals surface area contributed by atoms with Gasteiger partial charge in [-0.25, -0.2) is 10.2 Å². The summed E-state index contributed by atoms with van der Waals surface area (Å²) in [4.78, 5) is 22.1. The molecule has 0 bridgehead atoms. The number of benzene rings is 1. The zero-order valence-electron chi connectivity index (χ0n) is 10.9. The molecule has 0 unspecified atom stereocenters. The zero-order valence-corrected chi connectivity index (χ0v) is 11.6. The third-order valence-electron chi connectivity index (χ3n) is 2.27. The molecule has 0 atom stereocenters. The Kier molecular flexibility index (Phi) is 5.44. The van der Waals surface area contributed by atoms with E-state index in [1.54, 1.807) is 12.1 Å². The predicted octanol–water partition coefficient (Wildman–Crippen LogP) is 1.72. The zero-order chi connectivity index (χ0) is 14.4. The number of hydrogen-bond donors (Lipinski definition) is 2. The van der Waals surface area contributed by atoms with E-state index in [-0.39, 0.29) is 6.61 Å². The first-order valence-corrected chi connectivity index (χ1v) is 5.84. The molecule has 0 aliphatic heterocycles. The largest absolute Gasteiger partial charge is 0.484 e. The van der Waals surface area contributed by atoms with E-state index in [0.29, 0.717) is 10.8 Å². The summed E-state index contributed by atoms with van der Waals surface area (Å²) in [6.45, 7) is 3.46. The van der Waals surface area contributed by atoms with E-state index in [4.69, 9.17) is 16.3 Å². The second-order valence-electron chi connectivity index (χ2n) is 3.82. The lowest BCUT2D eigenvalue weighted by atomic mass is 10.1. The van der Waals surface area contributed by atoms with Gasteiger partial charge in [-0.15, -0.1) is 0 Å². The molecule has 0 saturated heterocycles. The quantitative estimate of drug-likeness (QED) is 0.830. The predicted molar refractivity (Wildman–Crippen MR) is 70.1 cm³/mol. The van der Waals surface area contributed by atoms with Crippen LogP contribution in [0, 0.1) is 13.8 Å². The van der Waals surface area contributed by atoms with Crippen molar-refractivity contribution in [3.63, 3.8) is 0 Å². The molecule has 2 N–H and O–H groups in total. The van der Waals surface area contributed by atoms with Gasteiger partial charge in [-0.3, -0.25) is 10.2 Å². The molecule has 0 aromatic heterocycles. The second-order valence-corrected chi connectivity index (χ2v) is 4.20. The van der Waals surface area contributed by atoms with Crippen LogP contribution in [-0.2, 0) is 9.53 Å². The van der Waals surface area contributed by atoms with Crippen LogP contribution in [0.3, 0.4) is 0 Å². The fraction of sp³-hybridized carbons (Fsp3) is 0.333. The number of carbonyl (C=O) groups excluding carboxylic acids is 2. The summed E-state index contributed by atoms with van der Waals surface area (Å²) in [5.74, 6) is 0.0308. The minimum Gasteiger partial charge on any atom is -0.484 e. The summed E-state index contributed by atoms with van der Waals surface area (Å²) < 4.78 is 9.58. The molecule has 1 rings (SSSR count). The molecule has 1 aromatic rings. The Morgan fingerprint density at radius 3 is 2.32 bits per heavy atom. The summed E-state index contributed by atoms with van der Waals surface area (Å²) >= 11 is 6.02. The van der Waals surface area contributed by atoms with Gasteiger partial charge in [0.2, 0.25) is 0 Å². The molecule has 0 saturated carbocycles. The smallest absolute Gasteiger partial charge is 0.425 e. The molecule has 0 spiro atoms. The molecule has 2 amide bonds. The molecular weight excluding hydrogens is 272 g/mol. The fourth-order valence-corrected chi connectivity index (χ4v) is 1.46. The van der Waals surface area contributed by atoms with Gasteiger partial charge < -0.3 is 9.47 Å². The summed E-state index contributed by atoms with van der Waals surface area (Å²) in [5, 5.41) is 0.671. The first-order chi connectivity index (χ1) is 8.93. The van der Waals surface area contributed by atoms with Gasteiger partial charge in [0.15, 0.2) is 6.61 Å². The fourth-order valence-electron chi connectivity index (χ4n) is 1.35. The van der Waals surface area contributed by atoms with Crippen molar-refractivity contribution in [3.05, 3.63) is 28.3 Å². The first-order valence-electron chi connectivity index (χ1n) is 5.46. The standard InChI is InChI=1S/C12H15ClN2O4/c1-7-4-9(5-8(2)11(7)13)19-6-10(16)14-15-12(17)18-3/h4-5H,6H2,1-3H3,(H,14,16)(H,15,17). The molecule has 0 aliphatic carbocycles. The van der Waals surface area contributed by atoms with Crippen molar-refractivity contribution >= 4 is 23.6 Å². The van der Waals surface area contributed by atoms with Gasteiger partial charge >= 0.3 is 6.09 Å². The molecule has 7 heteroatoms. The van der Waals surface area contributed by atoms with Crippen molar-refractivity contribution < 1.29 is 19.1 Å². The van der Waals surface area contributed by atoms with E-state index in [2.05, 4.69) is 10.2 Å². The number of hydrazine groups is 1. The topological polar surface area (TPSA) is 76.7 Å². The molecule has 6 nitrogen and oxygen atoms in total. The summed E-state index contributed by atoms with van der Waals surface area (Å²) in [7, 11) is 1.19. The van der Waals surface area contributed by atoms with Gasteiger partial charge in [0, 0.05) is 5.02 Å². The Morgan fingerprint density at radius 2 is 1.79 bits per heavy atom. The van der Waals surface area contributed by atoms with Crippen LogP contribution >= 0.6 is 11.6 Å². The SMILES string of the molecule is COC(=O)NNC(=O)COc1cc(C)c(Cl)c(C)c1. The van der Waals surface area contributed by atoms with Crippen LogP contribution in [0.4, 0.5) is 4.79 Å². The van der Waals surface area contributed by atoms with Gasteiger partial charge in [0.25, 0.3) is 5.91 Å². The molecule has 19 heavy (non-hydrogen) atoms. The molecule has 0 heterocycles. The Hall–Kier alpha value is -1.95. The van der Waals surface area contributed by atoms with Crippen LogP contribution in [0.25, 0.3) is 0 Å². The minimum absolute atomic E-state index is 0.232. The van der Waals surface area contributed by atoms with E-state index in [1.165, 1.54) is 7.11 Å². The lowest BCUT2D eigenvalue weighted by Gasteiger charge is -2.10. The van der Waals surface area contributed by atoms with E-state index in [0.717, 1.165) is 11.1 Å². The molecule has 0 radical (unpaired) electrons. The third-order valence-corrected chi connectivity index (χ3v) is 2.87. The van der Waals surface area contributed by atoms with Crippen molar-refractivity contribution in [1.29, 1.82) is 0 Å². The highest BCUT2D eigenvalue weighted by Gasteiger charge is 2.07. The van der Waals surface area contributed by atoms with Crippen molar-refractivity contribution in [2.75, 3.05) is 13.7 Å². The van der Waals surface area contributed by atoms with Crippen LogP contribution in [0.2, 0.25) is 5.02 Å². The van der Waals surface area contributed by atoms with Crippen LogP contribution in [-0.4, -0.2) is 25.7 Å². The van der Waals surface area contributed by atoms with E-state index in [9.17, 15) is 9.59 Å². The number of nitrogens with one attached hydrogen (secondary N) is 2. The van der Waals surface area contributed by atoms with Crippen LogP contribution in [0.15, 0.2) is 12.1 Å². The summed E-state index contributed by atoms with van der Waals surface area (Å²) in [6.07, 6.45) is -0.758. The molecule has 104 valence electrons. The number of aryl methyl sites for hydroxylation is 2. The lowest BCUT2D eigenvalue weighted by Crippen LogP contribution is -2.43. The number of carbonyl (C=O) groups is 2. The highest BCUT2D eigenvalue weighted by Crippen LogP contribution is 2.25. The number of ether oxygens (including phenoxy) is 2. The van der Waals surface area contributed by atoms with Crippen LogP contribution < -0.4 is 15.6 Å². The monoisotopic (exact) mass is 286 g/mol. The molecular formula is C12H15ClN2O4. The average Bonchev–Trinajstić information content (AvgIpc) is 2.39. The minimum atomic E-state index is -0.758. The Balaban J connectivity index is 2.48. The van der Waals surface area contributed by atoms with Gasteiger partial charge in [-0.1, -0.05) is 11.6 Å². The Morgan fingerprint density at radius 1 is 1.21 bits per heavy atom. The maximum Gasteiger partial charge on any atom is 0.425 e. The van der Waals surface area contributed by atoms with Crippen LogP contribution in [0.1, 0.15) is 11.1 Å². The van der Waals surface area contributed by atoms with Crippen LogP contribution in [0.5, 0.6) is 5.75 Å². The highest BCUT2D eigenvalue weighted by molar-refractivity contribution is 6.32. The number of rotatable bonds is 3. The molecule has 0 aliphatic rings. The number of methoxy groups -OCH3 is 1. The second kappa shape index (κ2) is 6.84. The summed E-state index contributed by atoms with van der Waals surface area (Å²) in [5.41, 5.74) is 5.90. The number of halogens is 1. The van der Waals surface area contributed by atoms with Gasteiger partial charge in [-0.2, -0.15) is 0 Å².